The number of nitrogens with zero attached hydrogens (tertiary/aromatic N) is 3. The van der Waals surface area contributed by atoms with Gasteiger partial charge in [0.1, 0.15) is 17.3 Å². The standard InChI is InChI=1S/C22H16ClN5O3/c23-18-10-14(7-8-24-18)21(29)28-15-4-1-3-13(9-15)11-25-20-16-5-2-6-17(22(30)31)19(16)26-12-27-20/h1-10,12H,11H2,(H,28,29)(H,30,31)(H,25,26,27). The van der Waals surface area contributed by atoms with Crippen LogP contribution in [0.4, 0.5) is 11.5 Å². The van der Waals surface area contributed by atoms with Crippen LogP contribution in [0.3, 0.4) is 0 Å². The minimum atomic E-state index is -1.05. The van der Waals surface area contributed by atoms with Gasteiger partial charge in [-0.15, -0.1) is 0 Å². The normalized spacial score (nSPS) is 10.6. The number of halogens is 1. The molecule has 0 radical (unpaired) electrons. The molecule has 0 unspecified atom stereocenters. The lowest BCUT2D eigenvalue weighted by Crippen LogP contribution is -2.12. The van der Waals surface area contributed by atoms with E-state index in [0.29, 0.717) is 34.5 Å². The fraction of sp³-hybridized carbons (Fsp3) is 0.0455. The van der Waals surface area contributed by atoms with Crippen molar-refractivity contribution in [2.45, 2.75) is 6.54 Å². The van der Waals surface area contributed by atoms with E-state index in [2.05, 4.69) is 25.6 Å². The van der Waals surface area contributed by atoms with Crippen molar-refractivity contribution in [1.29, 1.82) is 0 Å². The zero-order chi connectivity index (χ0) is 21.8. The van der Waals surface area contributed by atoms with E-state index < -0.39 is 5.97 Å². The average molecular weight is 434 g/mol. The minimum absolute atomic E-state index is 0.115. The number of hydrogen-bond acceptors (Lipinski definition) is 6. The van der Waals surface area contributed by atoms with Gasteiger partial charge >= 0.3 is 5.97 Å². The van der Waals surface area contributed by atoms with E-state index in [1.165, 1.54) is 24.7 Å². The number of carbonyl (C=O) groups excluding carboxylic acids is 1. The molecule has 31 heavy (non-hydrogen) atoms. The first kappa shape index (κ1) is 20.2. The Morgan fingerprint density at radius 2 is 1.84 bits per heavy atom. The smallest absolute Gasteiger partial charge is 0.337 e. The second kappa shape index (κ2) is 8.76. The molecule has 154 valence electrons. The van der Waals surface area contributed by atoms with Gasteiger partial charge in [-0.1, -0.05) is 29.8 Å². The van der Waals surface area contributed by atoms with Gasteiger partial charge in [-0.3, -0.25) is 4.79 Å². The number of hydrogen-bond donors (Lipinski definition) is 3. The molecule has 2 aromatic carbocycles. The number of anilines is 2. The third kappa shape index (κ3) is 4.59. The monoisotopic (exact) mass is 433 g/mol. The van der Waals surface area contributed by atoms with Crippen molar-refractivity contribution in [2.75, 3.05) is 10.6 Å². The van der Waals surface area contributed by atoms with E-state index in [-0.39, 0.29) is 16.6 Å². The van der Waals surface area contributed by atoms with E-state index >= 15 is 0 Å². The molecule has 2 heterocycles. The highest BCUT2D eigenvalue weighted by Gasteiger charge is 2.12. The first-order valence-electron chi connectivity index (χ1n) is 9.24. The number of fused-ring (bicyclic) bond motifs is 1. The van der Waals surface area contributed by atoms with Gasteiger partial charge in [0.25, 0.3) is 5.91 Å². The van der Waals surface area contributed by atoms with E-state index in [9.17, 15) is 14.7 Å². The lowest BCUT2D eigenvalue weighted by molar-refractivity contribution is 0.0698. The Morgan fingerprint density at radius 3 is 2.65 bits per heavy atom. The Labute approximate surface area is 182 Å². The number of nitrogens with one attached hydrogen (secondary N) is 2. The molecule has 4 rings (SSSR count). The Balaban J connectivity index is 1.51. The van der Waals surface area contributed by atoms with Crippen molar-refractivity contribution < 1.29 is 14.7 Å². The van der Waals surface area contributed by atoms with E-state index in [4.69, 9.17) is 11.6 Å². The molecule has 8 nitrogen and oxygen atoms in total. The Kier molecular flexibility index (Phi) is 5.72. The van der Waals surface area contributed by atoms with Crippen molar-refractivity contribution in [2.24, 2.45) is 0 Å². The predicted molar refractivity (Wildman–Crippen MR) is 117 cm³/mol. The summed E-state index contributed by atoms with van der Waals surface area (Å²) in [6.45, 7) is 0.411. The second-order valence-electron chi connectivity index (χ2n) is 6.60. The van der Waals surface area contributed by atoms with Crippen LogP contribution in [0.15, 0.2) is 67.1 Å². The number of pyridine rings is 1. The molecule has 0 aliphatic rings. The first-order valence-corrected chi connectivity index (χ1v) is 9.62. The maximum atomic E-state index is 12.4. The molecule has 0 aliphatic heterocycles. The molecule has 0 aliphatic carbocycles. The summed E-state index contributed by atoms with van der Waals surface area (Å²) in [5, 5.41) is 16.2. The van der Waals surface area contributed by atoms with Gasteiger partial charge in [0, 0.05) is 29.4 Å². The lowest BCUT2D eigenvalue weighted by atomic mass is 10.1. The van der Waals surface area contributed by atoms with Gasteiger partial charge in [0.2, 0.25) is 0 Å². The predicted octanol–water partition coefficient (Wildman–Crippen LogP) is 4.24. The van der Waals surface area contributed by atoms with E-state index in [1.807, 2.05) is 18.2 Å². The summed E-state index contributed by atoms with van der Waals surface area (Å²) < 4.78 is 0. The van der Waals surface area contributed by atoms with Crippen molar-refractivity contribution in [3.63, 3.8) is 0 Å². The van der Waals surface area contributed by atoms with Gasteiger partial charge in [0.15, 0.2) is 0 Å². The average Bonchev–Trinajstić information content (AvgIpc) is 2.77. The summed E-state index contributed by atoms with van der Waals surface area (Å²) in [7, 11) is 0. The number of aromatic carboxylic acids is 1. The summed E-state index contributed by atoms with van der Waals surface area (Å²) in [5.74, 6) is -0.819. The number of rotatable bonds is 6. The quantitative estimate of drug-likeness (QED) is 0.389. The highest BCUT2D eigenvalue weighted by molar-refractivity contribution is 6.29. The molecule has 9 heteroatoms. The van der Waals surface area contributed by atoms with Gasteiger partial charge < -0.3 is 15.7 Å². The fourth-order valence-electron chi connectivity index (χ4n) is 3.09. The number of benzene rings is 2. The van der Waals surface area contributed by atoms with Crippen LogP contribution in [0.5, 0.6) is 0 Å². The molecule has 0 spiro atoms. The lowest BCUT2D eigenvalue weighted by Gasteiger charge is -2.11. The third-order valence-corrected chi connectivity index (χ3v) is 4.74. The van der Waals surface area contributed by atoms with Crippen molar-refractivity contribution >= 4 is 45.9 Å². The zero-order valence-corrected chi connectivity index (χ0v) is 16.8. The summed E-state index contributed by atoms with van der Waals surface area (Å²) in [6.07, 6.45) is 2.80. The van der Waals surface area contributed by atoms with Crippen molar-refractivity contribution in [3.8, 4) is 0 Å². The van der Waals surface area contributed by atoms with Gasteiger partial charge in [-0.2, -0.15) is 0 Å². The first-order chi connectivity index (χ1) is 15.0. The molecule has 0 fully saturated rings. The van der Waals surface area contributed by atoms with Crippen LogP contribution in [-0.4, -0.2) is 31.9 Å². The molecule has 0 saturated heterocycles. The topological polar surface area (TPSA) is 117 Å². The van der Waals surface area contributed by atoms with Crippen LogP contribution in [-0.2, 0) is 6.54 Å². The number of aromatic nitrogens is 3. The minimum Gasteiger partial charge on any atom is -0.478 e. The SMILES string of the molecule is O=C(Nc1cccc(CNc2ncnc3c(C(=O)O)cccc23)c1)c1ccnc(Cl)c1. The molecule has 0 atom stereocenters. The molecular formula is C22H16ClN5O3. The molecule has 1 amide bonds. The number of para-hydroxylation sites is 1. The van der Waals surface area contributed by atoms with Crippen molar-refractivity contribution in [3.05, 3.63) is 89.0 Å². The molecular weight excluding hydrogens is 418 g/mol. The van der Waals surface area contributed by atoms with Crippen LogP contribution >= 0.6 is 11.6 Å². The van der Waals surface area contributed by atoms with Crippen LogP contribution in [0.2, 0.25) is 5.15 Å². The van der Waals surface area contributed by atoms with E-state index in [1.54, 1.807) is 24.3 Å². The fourth-order valence-corrected chi connectivity index (χ4v) is 3.27. The number of amides is 1. The summed E-state index contributed by atoms with van der Waals surface area (Å²) in [4.78, 5) is 36.1. The Bertz CT molecular complexity index is 1300. The summed E-state index contributed by atoms with van der Waals surface area (Å²) in [6, 6.07) is 15.3. The number of carboxylic acids is 1. The summed E-state index contributed by atoms with van der Waals surface area (Å²) in [5.41, 5.74) is 2.41. The largest absolute Gasteiger partial charge is 0.478 e. The number of carboxylic acid groups (broad SMARTS) is 1. The summed E-state index contributed by atoms with van der Waals surface area (Å²) >= 11 is 5.84. The molecule has 3 N–H and O–H groups in total. The van der Waals surface area contributed by atoms with Crippen LogP contribution in [0.1, 0.15) is 26.3 Å². The van der Waals surface area contributed by atoms with E-state index in [0.717, 1.165) is 5.56 Å². The Morgan fingerprint density at radius 1 is 1.00 bits per heavy atom. The number of carbonyl (C=O) groups is 2. The van der Waals surface area contributed by atoms with Gasteiger partial charge in [-0.25, -0.2) is 19.7 Å². The maximum Gasteiger partial charge on any atom is 0.337 e. The third-order valence-electron chi connectivity index (χ3n) is 4.53. The second-order valence-corrected chi connectivity index (χ2v) is 6.99. The van der Waals surface area contributed by atoms with Crippen LogP contribution in [0.25, 0.3) is 10.9 Å². The molecule has 4 aromatic rings. The highest BCUT2D eigenvalue weighted by Crippen LogP contribution is 2.23. The van der Waals surface area contributed by atoms with Crippen LogP contribution in [0, 0.1) is 0 Å². The molecule has 0 saturated carbocycles. The zero-order valence-electron chi connectivity index (χ0n) is 16.0. The van der Waals surface area contributed by atoms with Gasteiger partial charge in [-0.05, 0) is 42.0 Å². The molecule has 2 aromatic heterocycles. The maximum absolute atomic E-state index is 12.4. The van der Waals surface area contributed by atoms with Gasteiger partial charge in [0.05, 0.1) is 11.1 Å². The highest BCUT2D eigenvalue weighted by atomic mass is 35.5. The molecule has 0 bridgehead atoms. The van der Waals surface area contributed by atoms with Crippen molar-refractivity contribution in [1.82, 2.24) is 15.0 Å². The van der Waals surface area contributed by atoms with Crippen LogP contribution < -0.4 is 10.6 Å². The Hall–Kier alpha value is -4.04.